The van der Waals surface area contributed by atoms with E-state index < -0.39 is 24.5 Å². The standard InChI is InChI=1S/C12H15NO4S/c14-6-8(12(16)17)13-11(15)10-5-7-3-1-2-4-9(7)18-10/h5,8,14H,1-4,6H2,(H,13,15)(H,16,17)/t8-/m1/s1. The van der Waals surface area contributed by atoms with Crippen LogP contribution < -0.4 is 5.32 Å². The number of carboxylic acid groups (broad SMARTS) is 1. The van der Waals surface area contributed by atoms with Crippen molar-refractivity contribution < 1.29 is 19.8 Å². The lowest BCUT2D eigenvalue weighted by Crippen LogP contribution is -2.43. The lowest BCUT2D eigenvalue weighted by Gasteiger charge is -2.10. The number of hydrogen-bond donors (Lipinski definition) is 3. The molecular formula is C12H15NO4S. The van der Waals surface area contributed by atoms with Crippen molar-refractivity contribution in [2.45, 2.75) is 31.7 Å². The molecule has 6 heteroatoms. The molecule has 0 saturated carbocycles. The zero-order valence-corrected chi connectivity index (χ0v) is 10.6. The van der Waals surface area contributed by atoms with Crippen molar-refractivity contribution in [3.05, 3.63) is 21.4 Å². The maximum atomic E-state index is 11.9. The van der Waals surface area contributed by atoms with Crippen molar-refractivity contribution in [3.63, 3.8) is 0 Å². The molecule has 0 bridgehead atoms. The summed E-state index contributed by atoms with van der Waals surface area (Å²) in [7, 11) is 0. The molecule has 1 aliphatic carbocycles. The summed E-state index contributed by atoms with van der Waals surface area (Å²) in [6.45, 7) is -0.605. The van der Waals surface area contributed by atoms with Gasteiger partial charge in [0, 0.05) is 4.88 Å². The van der Waals surface area contributed by atoms with Crippen LogP contribution in [0.25, 0.3) is 0 Å². The molecular weight excluding hydrogens is 254 g/mol. The van der Waals surface area contributed by atoms with Crippen LogP contribution in [0.15, 0.2) is 6.07 Å². The van der Waals surface area contributed by atoms with Crippen LogP contribution in [0.4, 0.5) is 0 Å². The van der Waals surface area contributed by atoms with Crippen molar-refractivity contribution >= 4 is 23.2 Å². The highest BCUT2D eigenvalue weighted by Crippen LogP contribution is 2.29. The fourth-order valence-electron chi connectivity index (χ4n) is 2.02. The molecule has 18 heavy (non-hydrogen) atoms. The molecule has 0 fully saturated rings. The molecule has 3 N–H and O–H groups in total. The monoisotopic (exact) mass is 269 g/mol. The number of amides is 1. The first-order valence-electron chi connectivity index (χ1n) is 5.88. The minimum Gasteiger partial charge on any atom is -0.480 e. The average Bonchev–Trinajstić information content (AvgIpc) is 2.79. The fourth-order valence-corrected chi connectivity index (χ4v) is 3.17. The lowest BCUT2D eigenvalue weighted by molar-refractivity contribution is -0.140. The Hall–Kier alpha value is -1.40. The van der Waals surface area contributed by atoms with Gasteiger partial charge in [-0.05, 0) is 37.3 Å². The van der Waals surface area contributed by atoms with Gasteiger partial charge in [-0.3, -0.25) is 4.79 Å². The lowest BCUT2D eigenvalue weighted by atomic mass is 9.99. The van der Waals surface area contributed by atoms with E-state index in [-0.39, 0.29) is 0 Å². The maximum Gasteiger partial charge on any atom is 0.328 e. The van der Waals surface area contributed by atoms with E-state index in [1.54, 1.807) is 0 Å². The summed E-state index contributed by atoms with van der Waals surface area (Å²) in [6, 6.07) is 0.599. The molecule has 5 nitrogen and oxygen atoms in total. The van der Waals surface area contributed by atoms with Gasteiger partial charge in [0.2, 0.25) is 0 Å². The first-order chi connectivity index (χ1) is 8.61. The van der Waals surface area contributed by atoms with E-state index in [1.165, 1.54) is 21.8 Å². The number of thiophene rings is 1. The van der Waals surface area contributed by atoms with E-state index in [0.29, 0.717) is 4.88 Å². The Bertz CT molecular complexity index is 445. The van der Waals surface area contributed by atoms with Gasteiger partial charge in [0.15, 0.2) is 6.04 Å². The van der Waals surface area contributed by atoms with Gasteiger partial charge in [-0.25, -0.2) is 4.79 Å². The van der Waals surface area contributed by atoms with E-state index in [2.05, 4.69) is 5.32 Å². The first-order valence-corrected chi connectivity index (χ1v) is 6.69. The topological polar surface area (TPSA) is 86.6 Å². The summed E-state index contributed by atoms with van der Waals surface area (Å²) in [5.74, 6) is -1.65. The van der Waals surface area contributed by atoms with Gasteiger partial charge in [0.25, 0.3) is 5.91 Å². The molecule has 1 atom stereocenters. The molecule has 0 spiro atoms. The van der Waals surface area contributed by atoms with Crippen LogP contribution >= 0.6 is 11.3 Å². The van der Waals surface area contributed by atoms with E-state index >= 15 is 0 Å². The van der Waals surface area contributed by atoms with Crippen LogP contribution in [-0.4, -0.2) is 34.7 Å². The minimum atomic E-state index is -1.24. The van der Waals surface area contributed by atoms with Gasteiger partial charge in [-0.1, -0.05) is 0 Å². The molecule has 1 aromatic heterocycles. The van der Waals surface area contributed by atoms with Crippen LogP contribution in [0.3, 0.4) is 0 Å². The zero-order chi connectivity index (χ0) is 13.1. The van der Waals surface area contributed by atoms with E-state index in [9.17, 15) is 9.59 Å². The summed E-state index contributed by atoms with van der Waals surface area (Å²) >= 11 is 1.42. The molecule has 1 aromatic rings. The number of nitrogens with one attached hydrogen (secondary N) is 1. The quantitative estimate of drug-likeness (QED) is 0.754. The normalized spacial score (nSPS) is 15.8. The van der Waals surface area contributed by atoms with Gasteiger partial charge in [-0.2, -0.15) is 0 Å². The predicted molar refractivity (Wildman–Crippen MR) is 66.9 cm³/mol. The first kappa shape index (κ1) is 13.0. The Balaban J connectivity index is 2.09. The molecule has 0 radical (unpaired) electrons. The summed E-state index contributed by atoms with van der Waals surface area (Å²) < 4.78 is 0. The second kappa shape index (κ2) is 5.49. The van der Waals surface area contributed by atoms with Gasteiger partial charge < -0.3 is 15.5 Å². The number of aliphatic carboxylic acids is 1. The van der Waals surface area contributed by atoms with Crippen LogP contribution in [0.2, 0.25) is 0 Å². The highest BCUT2D eigenvalue weighted by atomic mass is 32.1. The average molecular weight is 269 g/mol. The number of carboxylic acids is 1. The number of fused-ring (bicyclic) bond motifs is 1. The van der Waals surface area contributed by atoms with Crippen LogP contribution in [0.1, 0.15) is 33.0 Å². The van der Waals surface area contributed by atoms with Crippen LogP contribution in [0.5, 0.6) is 0 Å². The molecule has 1 amide bonds. The summed E-state index contributed by atoms with van der Waals surface area (Å²) in [4.78, 5) is 24.3. The summed E-state index contributed by atoms with van der Waals surface area (Å²) in [5, 5.41) is 19.9. The second-order valence-corrected chi connectivity index (χ2v) is 5.45. The smallest absolute Gasteiger partial charge is 0.328 e. The number of carbonyl (C=O) groups excluding carboxylic acids is 1. The van der Waals surface area contributed by atoms with Gasteiger partial charge >= 0.3 is 5.97 Å². The highest BCUT2D eigenvalue weighted by molar-refractivity contribution is 7.14. The van der Waals surface area contributed by atoms with Crippen LogP contribution in [0, 0.1) is 0 Å². The number of rotatable bonds is 4. The van der Waals surface area contributed by atoms with Crippen LogP contribution in [-0.2, 0) is 17.6 Å². The van der Waals surface area contributed by atoms with E-state index in [1.807, 2.05) is 6.07 Å². The Morgan fingerprint density at radius 2 is 2.11 bits per heavy atom. The summed E-state index contributed by atoms with van der Waals surface area (Å²) in [5.41, 5.74) is 1.20. The van der Waals surface area contributed by atoms with Gasteiger partial charge in [-0.15, -0.1) is 11.3 Å². The van der Waals surface area contributed by atoms with Gasteiger partial charge in [0.1, 0.15) is 0 Å². The molecule has 2 rings (SSSR count). The number of aryl methyl sites for hydroxylation is 2. The molecule has 98 valence electrons. The molecule has 1 heterocycles. The third-order valence-corrected chi connectivity index (χ3v) is 4.24. The number of aliphatic hydroxyl groups excluding tert-OH is 1. The van der Waals surface area contributed by atoms with Crippen molar-refractivity contribution in [2.75, 3.05) is 6.61 Å². The fraction of sp³-hybridized carbons (Fsp3) is 0.500. The van der Waals surface area contributed by atoms with Crippen molar-refractivity contribution in [1.82, 2.24) is 5.32 Å². The number of hydrogen-bond acceptors (Lipinski definition) is 4. The Morgan fingerprint density at radius 1 is 1.39 bits per heavy atom. The number of carbonyl (C=O) groups is 2. The third kappa shape index (κ3) is 2.70. The highest BCUT2D eigenvalue weighted by Gasteiger charge is 2.22. The molecule has 1 aliphatic rings. The van der Waals surface area contributed by atoms with Crippen molar-refractivity contribution in [3.8, 4) is 0 Å². The largest absolute Gasteiger partial charge is 0.480 e. The second-order valence-electron chi connectivity index (χ2n) is 4.31. The molecule has 0 aliphatic heterocycles. The third-order valence-electron chi connectivity index (χ3n) is 3.01. The predicted octanol–water partition coefficient (Wildman–Crippen LogP) is 0.802. The zero-order valence-electron chi connectivity index (χ0n) is 9.81. The SMILES string of the molecule is O=C(N[C@H](CO)C(=O)O)c1cc2c(s1)CCCC2. The Kier molecular flexibility index (Phi) is 3.98. The van der Waals surface area contributed by atoms with Crippen molar-refractivity contribution in [1.29, 1.82) is 0 Å². The number of aliphatic hydroxyl groups is 1. The Labute approximate surface area is 108 Å². The van der Waals surface area contributed by atoms with Gasteiger partial charge in [0.05, 0.1) is 11.5 Å². The van der Waals surface area contributed by atoms with E-state index in [4.69, 9.17) is 10.2 Å². The Morgan fingerprint density at radius 3 is 2.72 bits per heavy atom. The molecule has 0 unspecified atom stereocenters. The van der Waals surface area contributed by atoms with Crippen molar-refractivity contribution in [2.24, 2.45) is 0 Å². The maximum absolute atomic E-state index is 11.9. The summed E-state index contributed by atoms with van der Waals surface area (Å²) in [6.07, 6.45) is 4.26. The van der Waals surface area contributed by atoms with E-state index in [0.717, 1.165) is 25.7 Å². The molecule has 0 saturated heterocycles. The minimum absolute atomic E-state index is 0.421. The molecule has 0 aromatic carbocycles.